The number of thiophene rings is 1. The Kier molecular flexibility index (Phi) is 5.05. The predicted molar refractivity (Wildman–Crippen MR) is 93.9 cm³/mol. The molecule has 0 radical (unpaired) electrons. The summed E-state index contributed by atoms with van der Waals surface area (Å²) in [6.45, 7) is 0.582. The number of hydrogen-bond donors (Lipinski definition) is 2. The van der Waals surface area contributed by atoms with Gasteiger partial charge in [-0.05, 0) is 48.6 Å². The molecule has 4 nitrogen and oxygen atoms in total. The lowest BCUT2D eigenvalue weighted by atomic mass is 10.1. The summed E-state index contributed by atoms with van der Waals surface area (Å²) in [4.78, 5) is 27.9. The van der Waals surface area contributed by atoms with Crippen molar-refractivity contribution in [3.05, 3.63) is 68.4 Å². The first kappa shape index (κ1) is 16.4. The van der Waals surface area contributed by atoms with Crippen molar-refractivity contribution < 1.29 is 9.18 Å². The van der Waals surface area contributed by atoms with E-state index < -0.39 is 0 Å². The molecule has 0 bridgehead atoms. The average molecular weight is 344 g/mol. The van der Waals surface area contributed by atoms with Crippen molar-refractivity contribution in [3.63, 3.8) is 0 Å². The van der Waals surface area contributed by atoms with Crippen LogP contribution in [0.4, 0.5) is 4.39 Å². The van der Waals surface area contributed by atoms with E-state index in [1.807, 2.05) is 17.5 Å². The third kappa shape index (κ3) is 4.08. The van der Waals surface area contributed by atoms with E-state index in [2.05, 4.69) is 10.3 Å². The highest BCUT2D eigenvalue weighted by Crippen LogP contribution is 2.13. The normalized spacial score (nSPS) is 10.9. The fourth-order valence-corrected chi connectivity index (χ4v) is 3.23. The maximum absolute atomic E-state index is 13.3. The summed E-state index contributed by atoms with van der Waals surface area (Å²) in [5.74, 6) is -0.447. The third-order valence-electron chi connectivity index (χ3n) is 3.78. The molecule has 0 aliphatic rings. The van der Waals surface area contributed by atoms with Gasteiger partial charge in [0.25, 0.3) is 5.56 Å². The summed E-state index contributed by atoms with van der Waals surface area (Å²) in [5.41, 5.74) is 0.840. The number of benzene rings is 1. The predicted octanol–water partition coefficient (Wildman–Crippen LogP) is 3.02. The second-order valence-corrected chi connectivity index (χ2v) is 6.57. The molecule has 0 fully saturated rings. The number of aromatic amines is 1. The number of pyridine rings is 1. The van der Waals surface area contributed by atoms with E-state index >= 15 is 0 Å². The van der Waals surface area contributed by atoms with E-state index in [1.54, 1.807) is 17.4 Å². The number of rotatable bonds is 6. The second kappa shape index (κ2) is 7.40. The van der Waals surface area contributed by atoms with Crippen LogP contribution in [0.3, 0.4) is 0 Å². The molecule has 6 heteroatoms. The van der Waals surface area contributed by atoms with Gasteiger partial charge in [-0.15, -0.1) is 11.3 Å². The molecule has 0 unspecified atom stereocenters. The summed E-state index contributed by atoms with van der Waals surface area (Å²) < 4.78 is 13.3. The monoisotopic (exact) mass is 344 g/mol. The Morgan fingerprint density at radius 3 is 2.88 bits per heavy atom. The van der Waals surface area contributed by atoms with Crippen LogP contribution in [-0.2, 0) is 17.6 Å². The Hall–Kier alpha value is -2.47. The van der Waals surface area contributed by atoms with Crippen LogP contribution in [0.5, 0.6) is 0 Å². The van der Waals surface area contributed by atoms with Crippen LogP contribution in [-0.4, -0.2) is 17.4 Å². The number of aryl methyl sites for hydroxylation is 1. The Labute approximate surface area is 142 Å². The molecule has 124 valence electrons. The molecule has 1 aromatic carbocycles. The molecule has 0 spiro atoms. The van der Waals surface area contributed by atoms with E-state index in [9.17, 15) is 14.0 Å². The molecule has 24 heavy (non-hydrogen) atoms. The molecule has 0 saturated heterocycles. The van der Waals surface area contributed by atoms with Crippen LogP contribution in [0.1, 0.15) is 16.9 Å². The minimum Gasteiger partial charge on any atom is -0.356 e. The fraction of sp³-hybridized carbons (Fsp3) is 0.222. The van der Waals surface area contributed by atoms with Crippen molar-refractivity contribution in [1.82, 2.24) is 10.3 Å². The first-order valence-corrected chi connectivity index (χ1v) is 8.60. The summed E-state index contributed by atoms with van der Waals surface area (Å²) >= 11 is 1.66. The van der Waals surface area contributed by atoms with Gasteiger partial charge < -0.3 is 10.3 Å². The molecular weight excluding hydrogens is 327 g/mol. The fourth-order valence-electron chi connectivity index (χ4n) is 2.52. The van der Waals surface area contributed by atoms with E-state index in [0.29, 0.717) is 29.4 Å². The highest BCUT2D eigenvalue weighted by molar-refractivity contribution is 7.09. The summed E-state index contributed by atoms with van der Waals surface area (Å²) in [5, 5.41) is 5.49. The van der Waals surface area contributed by atoms with E-state index in [4.69, 9.17) is 0 Å². The van der Waals surface area contributed by atoms with Gasteiger partial charge in [-0.1, -0.05) is 6.07 Å². The van der Waals surface area contributed by atoms with Crippen molar-refractivity contribution >= 4 is 28.1 Å². The van der Waals surface area contributed by atoms with Gasteiger partial charge in [0.15, 0.2) is 0 Å². The highest BCUT2D eigenvalue weighted by atomic mass is 32.1. The lowest BCUT2D eigenvalue weighted by Gasteiger charge is -2.05. The molecule has 2 aromatic heterocycles. The SMILES string of the molecule is O=C(CCc1cc2cc(F)ccc2[nH]c1=O)NCCc1cccs1. The number of carbonyl (C=O) groups is 1. The Balaban J connectivity index is 1.57. The zero-order valence-electron chi connectivity index (χ0n) is 13.0. The molecule has 2 heterocycles. The third-order valence-corrected chi connectivity index (χ3v) is 4.71. The van der Waals surface area contributed by atoms with Gasteiger partial charge in [-0.25, -0.2) is 4.39 Å². The van der Waals surface area contributed by atoms with Gasteiger partial charge >= 0.3 is 0 Å². The zero-order chi connectivity index (χ0) is 16.9. The minimum absolute atomic E-state index is 0.0923. The Morgan fingerprint density at radius 1 is 1.21 bits per heavy atom. The molecule has 3 aromatic rings. The quantitative estimate of drug-likeness (QED) is 0.722. The number of fused-ring (bicyclic) bond motifs is 1. The van der Waals surface area contributed by atoms with E-state index in [0.717, 1.165) is 6.42 Å². The van der Waals surface area contributed by atoms with Crippen LogP contribution >= 0.6 is 11.3 Å². The number of hydrogen-bond acceptors (Lipinski definition) is 3. The molecule has 3 rings (SSSR count). The van der Waals surface area contributed by atoms with E-state index in [-0.39, 0.29) is 23.7 Å². The number of carbonyl (C=O) groups excluding carboxylic acids is 1. The van der Waals surface area contributed by atoms with Gasteiger partial charge in [0, 0.05) is 34.3 Å². The average Bonchev–Trinajstić information content (AvgIpc) is 3.06. The molecule has 2 N–H and O–H groups in total. The number of amides is 1. The Morgan fingerprint density at radius 2 is 2.08 bits per heavy atom. The van der Waals surface area contributed by atoms with Crippen LogP contribution < -0.4 is 10.9 Å². The molecule has 0 aliphatic carbocycles. The summed E-state index contributed by atoms with van der Waals surface area (Å²) in [6.07, 6.45) is 1.36. The summed E-state index contributed by atoms with van der Waals surface area (Å²) in [6, 6.07) is 9.87. The first-order valence-electron chi connectivity index (χ1n) is 7.72. The van der Waals surface area contributed by atoms with Gasteiger partial charge in [-0.2, -0.15) is 0 Å². The standard InChI is InChI=1S/C18H17FN2O2S/c19-14-4-5-16-13(11-14)10-12(18(23)21-16)3-6-17(22)20-8-7-15-2-1-9-24-15/h1-2,4-5,9-11H,3,6-8H2,(H,20,22)(H,21,23). The first-order chi connectivity index (χ1) is 11.6. The van der Waals surface area contributed by atoms with Crippen molar-refractivity contribution in [2.24, 2.45) is 0 Å². The number of nitrogens with one attached hydrogen (secondary N) is 2. The second-order valence-electron chi connectivity index (χ2n) is 5.53. The van der Waals surface area contributed by atoms with Crippen LogP contribution in [0, 0.1) is 5.82 Å². The molecule has 0 aliphatic heterocycles. The van der Waals surface area contributed by atoms with Crippen LogP contribution in [0.25, 0.3) is 10.9 Å². The maximum Gasteiger partial charge on any atom is 0.251 e. The van der Waals surface area contributed by atoms with Gasteiger partial charge in [0.1, 0.15) is 5.82 Å². The van der Waals surface area contributed by atoms with Crippen molar-refractivity contribution in [1.29, 1.82) is 0 Å². The van der Waals surface area contributed by atoms with Gasteiger partial charge in [-0.3, -0.25) is 9.59 Å². The lowest BCUT2D eigenvalue weighted by molar-refractivity contribution is -0.121. The van der Waals surface area contributed by atoms with Gasteiger partial charge in [0.05, 0.1) is 0 Å². The van der Waals surface area contributed by atoms with Gasteiger partial charge in [0.2, 0.25) is 5.91 Å². The number of H-pyrrole nitrogens is 1. The Bertz CT molecular complexity index is 903. The lowest BCUT2D eigenvalue weighted by Crippen LogP contribution is -2.26. The molecule has 1 amide bonds. The molecule has 0 saturated carbocycles. The topological polar surface area (TPSA) is 62.0 Å². The largest absolute Gasteiger partial charge is 0.356 e. The zero-order valence-corrected chi connectivity index (χ0v) is 13.8. The summed E-state index contributed by atoms with van der Waals surface area (Å²) in [7, 11) is 0. The van der Waals surface area contributed by atoms with Crippen LogP contribution in [0.15, 0.2) is 46.6 Å². The van der Waals surface area contributed by atoms with Crippen LogP contribution in [0.2, 0.25) is 0 Å². The smallest absolute Gasteiger partial charge is 0.251 e. The number of halogens is 1. The maximum atomic E-state index is 13.3. The van der Waals surface area contributed by atoms with E-state index in [1.165, 1.54) is 23.1 Å². The van der Waals surface area contributed by atoms with Crippen molar-refractivity contribution in [2.75, 3.05) is 6.54 Å². The minimum atomic E-state index is -0.355. The molecule has 0 atom stereocenters. The molecular formula is C18H17FN2O2S. The van der Waals surface area contributed by atoms with Crippen molar-refractivity contribution in [3.8, 4) is 0 Å². The van der Waals surface area contributed by atoms with Crippen molar-refractivity contribution in [2.45, 2.75) is 19.3 Å². The highest BCUT2D eigenvalue weighted by Gasteiger charge is 2.07. The number of aromatic nitrogens is 1.